The molecule has 0 radical (unpaired) electrons. The summed E-state index contributed by atoms with van der Waals surface area (Å²) in [5.74, 6) is -0.230. The van der Waals surface area contributed by atoms with Gasteiger partial charge in [0.05, 0.1) is 9.85 Å². The summed E-state index contributed by atoms with van der Waals surface area (Å²) in [7, 11) is 0. The number of nitro groups is 2. The molecule has 1 heterocycles. The molecule has 0 amide bonds. The lowest BCUT2D eigenvalue weighted by atomic mass is 10.2. The van der Waals surface area contributed by atoms with Gasteiger partial charge in [0.2, 0.25) is 5.90 Å². The van der Waals surface area contributed by atoms with E-state index in [-0.39, 0.29) is 40.2 Å². The van der Waals surface area contributed by atoms with Crippen molar-refractivity contribution < 1.29 is 24.1 Å². The average molecular weight is 480 g/mol. The second-order valence-electron chi connectivity index (χ2n) is 7.04. The van der Waals surface area contributed by atoms with Crippen LogP contribution in [0.4, 0.5) is 11.4 Å². The minimum absolute atomic E-state index is 0.0142. The van der Waals surface area contributed by atoms with Gasteiger partial charge in [0, 0.05) is 23.8 Å². The summed E-state index contributed by atoms with van der Waals surface area (Å²) < 4.78 is 10.8. The Morgan fingerprint density at radius 2 is 1.76 bits per heavy atom. The van der Waals surface area contributed by atoms with Crippen LogP contribution in [0.15, 0.2) is 77.4 Å². The minimum Gasteiger partial charge on any atom is -0.489 e. The van der Waals surface area contributed by atoms with Crippen LogP contribution in [0.25, 0.3) is 6.08 Å². The summed E-state index contributed by atoms with van der Waals surface area (Å²) in [6.45, 7) is 0.148. The van der Waals surface area contributed by atoms with Crippen LogP contribution >= 0.6 is 11.6 Å². The van der Waals surface area contributed by atoms with E-state index in [9.17, 15) is 25.0 Å². The number of rotatable bonds is 7. The quantitative estimate of drug-likeness (QED) is 0.199. The Hall–Kier alpha value is -4.57. The molecule has 0 saturated heterocycles. The smallest absolute Gasteiger partial charge is 0.363 e. The number of cyclic esters (lactones) is 1. The van der Waals surface area contributed by atoms with E-state index < -0.39 is 15.8 Å². The lowest BCUT2D eigenvalue weighted by molar-refractivity contribution is -0.385. The van der Waals surface area contributed by atoms with Crippen LogP contribution in [-0.2, 0) is 16.1 Å². The number of nitrogens with zero attached hydrogens (tertiary/aromatic N) is 3. The lowest BCUT2D eigenvalue weighted by Crippen LogP contribution is -2.06. The van der Waals surface area contributed by atoms with E-state index in [1.807, 2.05) is 0 Å². The SMILES string of the molecule is O=C1OC(c2ccc(Cl)c([N+](=O)[O-])c2)=N/C1=C\c1ccc(OCc2cccc([N+](=O)[O-])c2)cc1. The van der Waals surface area contributed by atoms with Gasteiger partial charge in [-0.05, 0) is 41.5 Å². The van der Waals surface area contributed by atoms with Gasteiger partial charge in [0.15, 0.2) is 5.70 Å². The van der Waals surface area contributed by atoms with Gasteiger partial charge in [-0.15, -0.1) is 0 Å². The highest BCUT2D eigenvalue weighted by Crippen LogP contribution is 2.28. The first-order valence-corrected chi connectivity index (χ1v) is 10.1. The number of halogens is 1. The third kappa shape index (κ3) is 5.08. The van der Waals surface area contributed by atoms with Crippen molar-refractivity contribution in [2.75, 3.05) is 0 Å². The fourth-order valence-electron chi connectivity index (χ4n) is 3.06. The molecule has 3 aromatic carbocycles. The number of esters is 1. The van der Waals surface area contributed by atoms with Crippen LogP contribution in [0.2, 0.25) is 5.02 Å². The molecule has 0 saturated carbocycles. The average Bonchev–Trinajstić information content (AvgIpc) is 3.19. The van der Waals surface area contributed by atoms with Gasteiger partial charge in [0.25, 0.3) is 11.4 Å². The molecule has 3 aromatic rings. The van der Waals surface area contributed by atoms with Crippen molar-refractivity contribution in [1.82, 2.24) is 0 Å². The first kappa shape index (κ1) is 22.6. The molecule has 0 fully saturated rings. The first-order chi connectivity index (χ1) is 16.3. The lowest BCUT2D eigenvalue weighted by Gasteiger charge is -2.06. The van der Waals surface area contributed by atoms with Gasteiger partial charge in [-0.1, -0.05) is 35.9 Å². The summed E-state index contributed by atoms with van der Waals surface area (Å²) in [5, 5.41) is 21.9. The maximum atomic E-state index is 12.2. The van der Waals surface area contributed by atoms with Gasteiger partial charge in [-0.3, -0.25) is 20.2 Å². The van der Waals surface area contributed by atoms with Gasteiger partial charge in [-0.2, -0.15) is 0 Å². The Morgan fingerprint density at radius 1 is 1.00 bits per heavy atom. The van der Waals surface area contributed by atoms with Gasteiger partial charge < -0.3 is 9.47 Å². The highest BCUT2D eigenvalue weighted by molar-refractivity contribution is 6.32. The summed E-state index contributed by atoms with van der Waals surface area (Å²) in [4.78, 5) is 37.2. The number of hydrogen-bond acceptors (Lipinski definition) is 8. The number of aliphatic imine (C=N–C) groups is 1. The van der Waals surface area contributed by atoms with Gasteiger partial charge in [-0.25, -0.2) is 9.79 Å². The second-order valence-corrected chi connectivity index (χ2v) is 7.45. The molecular formula is C23H14ClN3O7. The predicted octanol–water partition coefficient (Wildman–Crippen LogP) is 5.08. The van der Waals surface area contributed by atoms with Crippen molar-refractivity contribution in [3.05, 3.63) is 114 Å². The second kappa shape index (κ2) is 9.51. The number of carbonyl (C=O) groups excluding carboxylic acids is 1. The normalized spacial score (nSPS) is 14.0. The van der Waals surface area contributed by atoms with Crippen LogP contribution < -0.4 is 4.74 Å². The summed E-state index contributed by atoms with van der Waals surface area (Å²) in [5.41, 5.74) is 1.23. The van der Waals surface area contributed by atoms with Crippen LogP contribution in [-0.4, -0.2) is 21.7 Å². The fourth-order valence-corrected chi connectivity index (χ4v) is 3.25. The number of non-ortho nitro benzene ring substituents is 1. The van der Waals surface area contributed by atoms with Crippen molar-refractivity contribution in [1.29, 1.82) is 0 Å². The molecule has 0 aliphatic carbocycles. The molecule has 11 heteroatoms. The van der Waals surface area contributed by atoms with Crippen molar-refractivity contribution in [3.8, 4) is 5.75 Å². The number of benzene rings is 3. The molecule has 0 spiro atoms. The minimum atomic E-state index is -0.696. The maximum absolute atomic E-state index is 12.2. The number of hydrogen-bond donors (Lipinski definition) is 0. The van der Waals surface area contributed by atoms with Crippen molar-refractivity contribution in [2.24, 2.45) is 4.99 Å². The third-order valence-corrected chi connectivity index (χ3v) is 5.04. The molecule has 34 heavy (non-hydrogen) atoms. The Labute approximate surface area is 197 Å². The molecule has 0 N–H and O–H groups in total. The van der Waals surface area contributed by atoms with Crippen molar-refractivity contribution >= 4 is 40.9 Å². The van der Waals surface area contributed by atoms with E-state index in [2.05, 4.69) is 4.99 Å². The van der Waals surface area contributed by atoms with E-state index in [1.165, 1.54) is 36.4 Å². The zero-order valence-electron chi connectivity index (χ0n) is 17.2. The predicted molar refractivity (Wildman–Crippen MR) is 123 cm³/mol. The first-order valence-electron chi connectivity index (χ1n) is 9.73. The molecule has 170 valence electrons. The van der Waals surface area contributed by atoms with Gasteiger partial charge >= 0.3 is 5.97 Å². The molecule has 1 aliphatic heterocycles. The topological polar surface area (TPSA) is 134 Å². The summed E-state index contributed by atoms with van der Waals surface area (Å²) in [6, 6.07) is 16.9. The fraction of sp³-hybridized carbons (Fsp3) is 0.0435. The molecular weight excluding hydrogens is 466 g/mol. The number of carbonyl (C=O) groups is 1. The number of nitro benzene ring substituents is 2. The van der Waals surface area contributed by atoms with Crippen molar-refractivity contribution in [2.45, 2.75) is 6.61 Å². The largest absolute Gasteiger partial charge is 0.489 e. The monoisotopic (exact) mass is 479 g/mol. The molecule has 0 atom stereocenters. The molecule has 0 bridgehead atoms. The van der Waals surface area contributed by atoms with E-state index in [0.29, 0.717) is 16.9 Å². The standard InChI is InChI=1S/C23H14ClN3O7/c24-19-9-6-16(12-21(19)27(31)32)22-25-20(23(28)34-22)11-14-4-7-18(8-5-14)33-13-15-2-1-3-17(10-15)26(29)30/h1-12H,13H2/b20-11-. The third-order valence-electron chi connectivity index (χ3n) is 4.72. The highest BCUT2D eigenvalue weighted by atomic mass is 35.5. The molecule has 10 nitrogen and oxygen atoms in total. The van der Waals surface area contributed by atoms with Crippen LogP contribution in [0.1, 0.15) is 16.7 Å². The van der Waals surface area contributed by atoms with Crippen LogP contribution in [0.3, 0.4) is 0 Å². The molecule has 0 unspecified atom stereocenters. The molecule has 0 aromatic heterocycles. The summed E-state index contributed by atoms with van der Waals surface area (Å²) in [6.07, 6.45) is 1.50. The van der Waals surface area contributed by atoms with E-state index in [1.54, 1.807) is 36.4 Å². The number of ether oxygens (including phenoxy) is 2. The Balaban J connectivity index is 1.47. The van der Waals surface area contributed by atoms with Crippen LogP contribution in [0.5, 0.6) is 5.75 Å². The van der Waals surface area contributed by atoms with Gasteiger partial charge in [0.1, 0.15) is 17.4 Å². The zero-order chi connectivity index (χ0) is 24.2. The highest BCUT2D eigenvalue weighted by Gasteiger charge is 2.26. The maximum Gasteiger partial charge on any atom is 0.363 e. The zero-order valence-corrected chi connectivity index (χ0v) is 18.0. The van der Waals surface area contributed by atoms with E-state index in [0.717, 1.165) is 0 Å². The summed E-state index contributed by atoms with van der Waals surface area (Å²) >= 11 is 5.81. The van der Waals surface area contributed by atoms with E-state index >= 15 is 0 Å². The van der Waals surface area contributed by atoms with Crippen molar-refractivity contribution in [3.63, 3.8) is 0 Å². The Morgan fingerprint density at radius 3 is 2.47 bits per heavy atom. The van der Waals surface area contributed by atoms with Crippen LogP contribution in [0, 0.1) is 20.2 Å². The molecule has 1 aliphatic rings. The van der Waals surface area contributed by atoms with E-state index in [4.69, 9.17) is 21.1 Å². The Kier molecular flexibility index (Phi) is 6.33. The molecule has 4 rings (SSSR count). The Bertz CT molecular complexity index is 1370.